The summed E-state index contributed by atoms with van der Waals surface area (Å²) in [6, 6.07) is 14.2. The summed E-state index contributed by atoms with van der Waals surface area (Å²) in [6.07, 6.45) is 1.62. The second-order valence-electron chi connectivity index (χ2n) is 6.63. The molecule has 1 fully saturated rings. The molecule has 3 rings (SSSR count). The normalized spacial score (nSPS) is 15.6. The molecule has 1 saturated heterocycles. The van der Waals surface area contributed by atoms with E-state index in [0.29, 0.717) is 12.3 Å². The Morgan fingerprint density at radius 1 is 1.19 bits per heavy atom. The minimum Gasteiger partial charge on any atom is -0.494 e. The lowest BCUT2D eigenvalue weighted by molar-refractivity contribution is -0.121. The molecule has 0 bridgehead atoms. The van der Waals surface area contributed by atoms with Crippen molar-refractivity contribution >= 4 is 11.6 Å². The number of halogens is 1. The van der Waals surface area contributed by atoms with Crippen LogP contribution in [0.3, 0.4) is 0 Å². The minimum atomic E-state index is -0.341. The van der Waals surface area contributed by atoms with Gasteiger partial charge in [0, 0.05) is 18.2 Å². The van der Waals surface area contributed by atoms with Crippen LogP contribution in [0, 0.1) is 11.7 Å². The predicted molar refractivity (Wildman–Crippen MR) is 101 cm³/mol. The van der Waals surface area contributed by atoms with Gasteiger partial charge in [0.2, 0.25) is 5.91 Å². The van der Waals surface area contributed by atoms with Crippen LogP contribution in [0.5, 0.6) is 5.75 Å². The highest BCUT2D eigenvalue weighted by Crippen LogP contribution is 2.22. The Balaban J connectivity index is 1.49. The van der Waals surface area contributed by atoms with Crippen LogP contribution in [0.1, 0.15) is 25.3 Å². The first-order valence-electron chi connectivity index (χ1n) is 9.14. The predicted octanol–water partition coefficient (Wildman–Crippen LogP) is 4.08. The molecule has 5 heteroatoms. The lowest BCUT2D eigenvalue weighted by Gasteiger charge is -2.31. The standard InChI is InChI=1S/C21H25FN2O2/c1-2-26-20-8-3-5-16(13-20)15-24-11-9-17(10-12-24)21(25)23-19-7-4-6-18(22)14-19/h3-8,13-14,17H,2,9-12,15H2,1H3,(H,23,25). The van der Waals surface area contributed by atoms with Crippen LogP contribution in [-0.2, 0) is 11.3 Å². The molecule has 1 amide bonds. The number of likely N-dealkylation sites (tertiary alicyclic amines) is 1. The lowest BCUT2D eigenvalue weighted by Crippen LogP contribution is -2.37. The fraction of sp³-hybridized carbons (Fsp3) is 0.381. The molecule has 0 radical (unpaired) electrons. The molecule has 4 nitrogen and oxygen atoms in total. The molecule has 2 aromatic rings. The summed E-state index contributed by atoms with van der Waals surface area (Å²) in [7, 11) is 0. The van der Waals surface area contributed by atoms with E-state index < -0.39 is 0 Å². The van der Waals surface area contributed by atoms with E-state index in [9.17, 15) is 9.18 Å². The van der Waals surface area contributed by atoms with Crippen molar-refractivity contribution in [2.24, 2.45) is 5.92 Å². The monoisotopic (exact) mass is 356 g/mol. The number of nitrogens with one attached hydrogen (secondary N) is 1. The van der Waals surface area contributed by atoms with E-state index in [0.717, 1.165) is 38.2 Å². The zero-order chi connectivity index (χ0) is 18.4. The SMILES string of the molecule is CCOc1cccc(CN2CCC(C(=O)Nc3cccc(F)c3)CC2)c1. The molecule has 1 N–H and O–H groups in total. The number of amides is 1. The number of nitrogens with zero attached hydrogens (tertiary/aromatic N) is 1. The number of ether oxygens (including phenoxy) is 1. The van der Waals surface area contributed by atoms with Gasteiger partial charge in [0.25, 0.3) is 0 Å². The highest BCUT2D eigenvalue weighted by Gasteiger charge is 2.25. The van der Waals surface area contributed by atoms with Gasteiger partial charge in [0.15, 0.2) is 0 Å². The van der Waals surface area contributed by atoms with Crippen LogP contribution in [0.15, 0.2) is 48.5 Å². The number of carbonyl (C=O) groups is 1. The maximum atomic E-state index is 13.2. The average Bonchev–Trinajstić information content (AvgIpc) is 2.63. The largest absolute Gasteiger partial charge is 0.494 e. The number of rotatable bonds is 6. The molecular weight excluding hydrogens is 331 g/mol. The molecule has 26 heavy (non-hydrogen) atoms. The highest BCUT2D eigenvalue weighted by molar-refractivity contribution is 5.92. The zero-order valence-corrected chi connectivity index (χ0v) is 15.1. The van der Waals surface area contributed by atoms with Crippen molar-refractivity contribution in [1.29, 1.82) is 0 Å². The van der Waals surface area contributed by atoms with E-state index in [2.05, 4.69) is 22.3 Å². The van der Waals surface area contributed by atoms with Gasteiger partial charge in [-0.2, -0.15) is 0 Å². The van der Waals surface area contributed by atoms with Gasteiger partial charge >= 0.3 is 0 Å². The van der Waals surface area contributed by atoms with Crippen molar-refractivity contribution in [2.45, 2.75) is 26.3 Å². The summed E-state index contributed by atoms with van der Waals surface area (Å²) < 4.78 is 18.8. The Kier molecular flexibility index (Phi) is 6.23. The fourth-order valence-electron chi connectivity index (χ4n) is 3.32. The van der Waals surface area contributed by atoms with E-state index >= 15 is 0 Å². The first-order chi connectivity index (χ1) is 12.6. The number of carbonyl (C=O) groups excluding carboxylic acids is 1. The number of hydrogen-bond acceptors (Lipinski definition) is 3. The van der Waals surface area contributed by atoms with Crippen LogP contribution < -0.4 is 10.1 Å². The van der Waals surface area contributed by atoms with Crippen molar-refractivity contribution in [3.8, 4) is 5.75 Å². The molecule has 1 aliphatic heterocycles. The number of benzene rings is 2. The van der Waals surface area contributed by atoms with E-state index in [1.807, 2.05) is 19.1 Å². The maximum Gasteiger partial charge on any atom is 0.227 e. The smallest absolute Gasteiger partial charge is 0.227 e. The third kappa shape index (κ3) is 5.05. The summed E-state index contributed by atoms with van der Waals surface area (Å²) in [5, 5.41) is 2.82. The van der Waals surface area contributed by atoms with E-state index in [4.69, 9.17) is 4.74 Å². The molecule has 0 unspecified atom stereocenters. The number of anilines is 1. The molecule has 0 atom stereocenters. The van der Waals surface area contributed by atoms with Gasteiger partial charge in [0.05, 0.1) is 6.61 Å². The minimum absolute atomic E-state index is 0.0198. The third-order valence-electron chi connectivity index (χ3n) is 4.67. The Morgan fingerprint density at radius 3 is 2.69 bits per heavy atom. The Hall–Kier alpha value is -2.40. The van der Waals surface area contributed by atoms with Gasteiger partial charge in [-0.25, -0.2) is 4.39 Å². The molecular formula is C21H25FN2O2. The lowest BCUT2D eigenvalue weighted by atomic mass is 9.95. The van der Waals surface area contributed by atoms with Gasteiger partial charge in [-0.15, -0.1) is 0 Å². The summed E-state index contributed by atoms with van der Waals surface area (Å²) in [6.45, 7) is 5.25. The van der Waals surface area contributed by atoms with Crippen molar-refractivity contribution in [1.82, 2.24) is 4.90 Å². The second kappa shape index (κ2) is 8.81. The molecule has 2 aromatic carbocycles. The van der Waals surface area contributed by atoms with E-state index in [1.54, 1.807) is 12.1 Å². The molecule has 0 saturated carbocycles. The van der Waals surface area contributed by atoms with Crippen LogP contribution in [0.2, 0.25) is 0 Å². The molecule has 0 aromatic heterocycles. The average molecular weight is 356 g/mol. The quantitative estimate of drug-likeness (QED) is 0.848. The Bertz CT molecular complexity index is 742. The first-order valence-corrected chi connectivity index (χ1v) is 9.14. The third-order valence-corrected chi connectivity index (χ3v) is 4.67. The summed E-state index contributed by atoms with van der Waals surface area (Å²) in [5.74, 6) is 0.513. The Labute approximate surface area is 154 Å². The van der Waals surface area contributed by atoms with Gasteiger partial charge in [-0.3, -0.25) is 9.69 Å². The molecule has 1 heterocycles. The number of piperidine rings is 1. The van der Waals surface area contributed by atoms with E-state index in [1.165, 1.54) is 17.7 Å². The Morgan fingerprint density at radius 2 is 1.96 bits per heavy atom. The van der Waals surface area contributed by atoms with Gasteiger partial charge in [-0.1, -0.05) is 18.2 Å². The second-order valence-corrected chi connectivity index (χ2v) is 6.63. The van der Waals surface area contributed by atoms with Crippen LogP contribution in [-0.4, -0.2) is 30.5 Å². The highest BCUT2D eigenvalue weighted by atomic mass is 19.1. The summed E-state index contributed by atoms with van der Waals surface area (Å²) in [5.41, 5.74) is 1.74. The van der Waals surface area contributed by atoms with Crippen LogP contribution in [0.4, 0.5) is 10.1 Å². The molecule has 0 spiro atoms. The van der Waals surface area contributed by atoms with Crippen molar-refractivity contribution in [3.63, 3.8) is 0 Å². The molecule has 1 aliphatic rings. The van der Waals surface area contributed by atoms with Crippen LogP contribution >= 0.6 is 0 Å². The summed E-state index contributed by atoms with van der Waals surface area (Å²) in [4.78, 5) is 14.7. The van der Waals surface area contributed by atoms with Crippen molar-refractivity contribution < 1.29 is 13.9 Å². The molecule has 138 valence electrons. The number of hydrogen-bond donors (Lipinski definition) is 1. The van der Waals surface area contributed by atoms with Crippen molar-refractivity contribution in [2.75, 3.05) is 25.0 Å². The summed E-state index contributed by atoms with van der Waals surface area (Å²) >= 11 is 0. The zero-order valence-electron chi connectivity index (χ0n) is 15.1. The maximum absolute atomic E-state index is 13.2. The van der Waals surface area contributed by atoms with Gasteiger partial charge in [0.1, 0.15) is 11.6 Å². The van der Waals surface area contributed by atoms with Crippen LogP contribution in [0.25, 0.3) is 0 Å². The van der Waals surface area contributed by atoms with Gasteiger partial charge in [-0.05, 0) is 68.8 Å². The van der Waals surface area contributed by atoms with Gasteiger partial charge < -0.3 is 10.1 Å². The topological polar surface area (TPSA) is 41.6 Å². The fourth-order valence-corrected chi connectivity index (χ4v) is 3.32. The first kappa shape index (κ1) is 18.4. The van der Waals surface area contributed by atoms with Crippen molar-refractivity contribution in [3.05, 3.63) is 59.9 Å². The van der Waals surface area contributed by atoms with E-state index in [-0.39, 0.29) is 17.6 Å². The molecule has 0 aliphatic carbocycles.